The number of hydrogen-bond donors (Lipinski definition) is 1. The van der Waals surface area contributed by atoms with Gasteiger partial charge in [-0.3, -0.25) is 4.79 Å². The quantitative estimate of drug-likeness (QED) is 0.595. The maximum absolute atomic E-state index is 13.0. The van der Waals surface area contributed by atoms with Gasteiger partial charge in [-0.1, -0.05) is 48.2 Å². The van der Waals surface area contributed by atoms with Crippen LogP contribution in [-0.4, -0.2) is 50.6 Å². The van der Waals surface area contributed by atoms with Crippen molar-refractivity contribution >= 4 is 40.4 Å². The molecule has 1 N–H and O–H groups in total. The first-order chi connectivity index (χ1) is 15.7. The van der Waals surface area contributed by atoms with Crippen molar-refractivity contribution in [3.05, 3.63) is 72.8 Å². The van der Waals surface area contributed by atoms with Crippen molar-refractivity contribution in [3.8, 4) is 0 Å². The molecule has 32 heavy (non-hydrogen) atoms. The molecule has 3 aromatic rings. The average molecular weight is 445 g/mol. The molecule has 0 atom stereocenters. The first-order valence-electron chi connectivity index (χ1n) is 11.1. The van der Waals surface area contributed by atoms with Crippen molar-refractivity contribution in [3.63, 3.8) is 0 Å². The van der Waals surface area contributed by atoms with E-state index in [1.807, 2.05) is 18.2 Å². The molecule has 1 fully saturated rings. The Morgan fingerprint density at radius 2 is 1.38 bits per heavy atom. The van der Waals surface area contributed by atoms with E-state index in [1.165, 1.54) is 21.2 Å². The zero-order valence-corrected chi connectivity index (χ0v) is 19.1. The Hall–Kier alpha value is -2.96. The van der Waals surface area contributed by atoms with Crippen LogP contribution in [0.1, 0.15) is 6.42 Å². The molecular formula is C26H28N4OS. The number of para-hydroxylation sites is 4. The normalized spacial score (nSPS) is 15.8. The molecule has 0 unspecified atom stereocenters. The highest BCUT2D eigenvalue weighted by Gasteiger charge is 2.23. The van der Waals surface area contributed by atoms with E-state index < -0.39 is 0 Å². The molecule has 5 rings (SSSR count). The first kappa shape index (κ1) is 20.9. The van der Waals surface area contributed by atoms with Crippen molar-refractivity contribution in [2.24, 2.45) is 0 Å². The van der Waals surface area contributed by atoms with E-state index in [2.05, 4.69) is 81.7 Å². The lowest BCUT2D eigenvalue weighted by molar-refractivity contribution is -0.116. The summed E-state index contributed by atoms with van der Waals surface area (Å²) in [4.78, 5) is 22.4. The van der Waals surface area contributed by atoms with Crippen LogP contribution in [0.15, 0.2) is 82.6 Å². The average Bonchev–Trinajstić information content (AvgIpc) is 2.83. The fourth-order valence-corrected chi connectivity index (χ4v) is 5.45. The number of likely N-dealkylation sites (N-methyl/N-ethyl adjacent to an activating group) is 1. The predicted molar refractivity (Wildman–Crippen MR) is 133 cm³/mol. The maximum Gasteiger partial charge on any atom is 0.226 e. The summed E-state index contributed by atoms with van der Waals surface area (Å²) in [6.45, 7) is 4.66. The number of nitrogens with zero attached hydrogens (tertiary/aromatic N) is 3. The number of benzene rings is 3. The summed E-state index contributed by atoms with van der Waals surface area (Å²) in [6, 6.07) is 25.0. The third-order valence-electron chi connectivity index (χ3n) is 6.12. The highest BCUT2D eigenvalue weighted by Crippen LogP contribution is 2.47. The number of amides is 1. The summed E-state index contributed by atoms with van der Waals surface area (Å²) in [7, 11) is 2.15. The standard InChI is InChI=1S/C26H28N4OS/c1-28-16-18-29(19-17-28)21-9-3-2-8-20(21)27-26(31)14-15-30-22-10-4-6-12-24(22)32-25-13-7-5-11-23(25)30/h2-13H,14-19H2,1H3,(H,27,31). The van der Waals surface area contributed by atoms with Gasteiger partial charge < -0.3 is 20.0 Å². The molecule has 1 saturated heterocycles. The van der Waals surface area contributed by atoms with Crippen LogP contribution in [0.4, 0.5) is 22.7 Å². The van der Waals surface area contributed by atoms with Crippen molar-refractivity contribution in [2.45, 2.75) is 16.2 Å². The van der Waals surface area contributed by atoms with Crippen LogP contribution in [0.2, 0.25) is 0 Å². The second-order valence-corrected chi connectivity index (χ2v) is 9.38. The second-order valence-electron chi connectivity index (χ2n) is 8.29. The van der Waals surface area contributed by atoms with Gasteiger partial charge in [0.25, 0.3) is 0 Å². The number of piperazine rings is 1. The predicted octanol–water partition coefficient (Wildman–Crippen LogP) is 5.07. The third kappa shape index (κ3) is 4.33. The molecule has 0 saturated carbocycles. The second kappa shape index (κ2) is 9.27. The number of carbonyl (C=O) groups is 1. The van der Waals surface area contributed by atoms with Gasteiger partial charge in [0.05, 0.1) is 22.7 Å². The molecule has 2 heterocycles. The van der Waals surface area contributed by atoms with Crippen LogP contribution in [-0.2, 0) is 4.79 Å². The van der Waals surface area contributed by atoms with Crippen LogP contribution in [0.25, 0.3) is 0 Å². The van der Waals surface area contributed by atoms with Gasteiger partial charge in [-0.2, -0.15) is 0 Å². The summed E-state index contributed by atoms with van der Waals surface area (Å²) in [5, 5.41) is 3.18. The minimum atomic E-state index is 0.0415. The van der Waals surface area contributed by atoms with E-state index in [1.54, 1.807) is 11.8 Å². The topological polar surface area (TPSA) is 38.8 Å². The van der Waals surface area contributed by atoms with Gasteiger partial charge in [-0.05, 0) is 43.4 Å². The fourth-order valence-electron chi connectivity index (χ4n) is 4.35. The van der Waals surface area contributed by atoms with E-state index in [4.69, 9.17) is 0 Å². The Labute approximate surface area is 194 Å². The molecule has 5 nitrogen and oxygen atoms in total. The fraction of sp³-hybridized carbons (Fsp3) is 0.269. The van der Waals surface area contributed by atoms with Gasteiger partial charge in [0.2, 0.25) is 5.91 Å². The third-order valence-corrected chi connectivity index (χ3v) is 7.25. The molecular weight excluding hydrogens is 416 g/mol. The molecule has 1 amide bonds. The van der Waals surface area contributed by atoms with Crippen molar-refractivity contribution in [1.82, 2.24) is 4.90 Å². The van der Waals surface area contributed by atoms with Gasteiger partial charge in [0.15, 0.2) is 0 Å². The molecule has 0 aromatic heterocycles. The number of anilines is 4. The molecule has 2 aliphatic rings. The summed E-state index contributed by atoms with van der Waals surface area (Å²) in [5.41, 5.74) is 4.35. The molecule has 2 aliphatic heterocycles. The highest BCUT2D eigenvalue weighted by molar-refractivity contribution is 7.99. The van der Waals surface area contributed by atoms with E-state index in [0.717, 1.165) is 37.6 Å². The Morgan fingerprint density at radius 3 is 2.03 bits per heavy atom. The van der Waals surface area contributed by atoms with Crippen LogP contribution < -0.4 is 15.1 Å². The van der Waals surface area contributed by atoms with Gasteiger partial charge in [0.1, 0.15) is 0 Å². The van der Waals surface area contributed by atoms with Crippen LogP contribution in [0.3, 0.4) is 0 Å². The van der Waals surface area contributed by atoms with Gasteiger partial charge in [-0.15, -0.1) is 0 Å². The molecule has 164 valence electrons. The zero-order chi connectivity index (χ0) is 21.9. The monoisotopic (exact) mass is 444 g/mol. The lowest BCUT2D eigenvalue weighted by Crippen LogP contribution is -2.44. The van der Waals surface area contributed by atoms with Gasteiger partial charge in [-0.25, -0.2) is 0 Å². The molecule has 6 heteroatoms. The Kier molecular flexibility index (Phi) is 6.06. The number of nitrogens with one attached hydrogen (secondary N) is 1. The number of rotatable bonds is 5. The van der Waals surface area contributed by atoms with E-state index >= 15 is 0 Å². The smallest absolute Gasteiger partial charge is 0.226 e. The lowest BCUT2D eigenvalue weighted by Gasteiger charge is -2.35. The lowest BCUT2D eigenvalue weighted by atomic mass is 10.2. The van der Waals surface area contributed by atoms with Crippen molar-refractivity contribution in [1.29, 1.82) is 0 Å². The van der Waals surface area contributed by atoms with Crippen LogP contribution >= 0.6 is 11.8 Å². The minimum Gasteiger partial charge on any atom is -0.367 e. The molecule has 0 radical (unpaired) electrons. The number of fused-ring (bicyclic) bond motifs is 2. The SMILES string of the molecule is CN1CCN(c2ccccc2NC(=O)CCN2c3ccccc3Sc3ccccc32)CC1. The minimum absolute atomic E-state index is 0.0415. The van der Waals surface area contributed by atoms with Crippen molar-refractivity contribution in [2.75, 3.05) is 54.9 Å². The first-order valence-corrected chi connectivity index (χ1v) is 12.0. The summed E-state index contributed by atoms with van der Waals surface area (Å²) in [6.07, 6.45) is 0.421. The van der Waals surface area contributed by atoms with Gasteiger partial charge >= 0.3 is 0 Å². The number of carbonyl (C=O) groups excluding carboxylic acids is 1. The maximum atomic E-state index is 13.0. The highest BCUT2D eigenvalue weighted by atomic mass is 32.2. The largest absolute Gasteiger partial charge is 0.367 e. The summed E-state index contributed by atoms with van der Waals surface area (Å²) >= 11 is 1.79. The zero-order valence-electron chi connectivity index (χ0n) is 18.3. The molecule has 3 aromatic carbocycles. The van der Waals surface area contributed by atoms with E-state index in [-0.39, 0.29) is 5.91 Å². The number of hydrogen-bond acceptors (Lipinski definition) is 5. The molecule has 0 bridgehead atoms. The van der Waals surface area contributed by atoms with E-state index in [0.29, 0.717) is 13.0 Å². The van der Waals surface area contributed by atoms with Crippen molar-refractivity contribution < 1.29 is 4.79 Å². The Morgan fingerprint density at radius 1 is 0.812 bits per heavy atom. The van der Waals surface area contributed by atoms with E-state index in [9.17, 15) is 4.79 Å². The molecule has 0 aliphatic carbocycles. The Bertz CT molecular complexity index is 1060. The Balaban J connectivity index is 1.30. The molecule has 0 spiro atoms. The van der Waals surface area contributed by atoms with Crippen LogP contribution in [0, 0.1) is 0 Å². The summed E-state index contributed by atoms with van der Waals surface area (Å²) < 4.78 is 0. The summed E-state index contributed by atoms with van der Waals surface area (Å²) in [5.74, 6) is 0.0415. The van der Waals surface area contributed by atoms with Gasteiger partial charge in [0, 0.05) is 48.9 Å². The van der Waals surface area contributed by atoms with Crippen LogP contribution in [0.5, 0.6) is 0 Å².